The summed E-state index contributed by atoms with van der Waals surface area (Å²) < 4.78 is 5.92. The number of rotatable bonds is 5. The van der Waals surface area contributed by atoms with Crippen LogP contribution in [0.25, 0.3) is 0 Å². The van der Waals surface area contributed by atoms with Gasteiger partial charge in [0.25, 0.3) is 0 Å². The maximum Gasteiger partial charge on any atom is 0.336 e. The molecule has 3 rings (SSSR count). The van der Waals surface area contributed by atoms with Gasteiger partial charge in [-0.05, 0) is 61.4 Å². The van der Waals surface area contributed by atoms with E-state index in [1.165, 1.54) is 0 Å². The summed E-state index contributed by atoms with van der Waals surface area (Å²) in [6.45, 7) is 4.15. The molecule has 2 aromatic rings. The molecule has 3 nitrogen and oxygen atoms in total. The Morgan fingerprint density at radius 3 is 2.65 bits per heavy atom. The number of aromatic carboxylic acids is 1. The average molecular weight is 331 g/mol. The lowest BCUT2D eigenvalue weighted by molar-refractivity contribution is 0.0693. The van der Waals surface area contributed by atoms with Crippen molar-refractivity contribution >= 4 is 17.6 Å². The maximum atomic E-state index is 11.5. The molecule has 0 saturated heterocycles. The van der Waals surface area contributed by atoms with Gasteiger partial charge in [0.2, 0.25) is 0 Å². The van der Waals surface area contributed by atoms with Gasteiger partial charge in [0.05, 0.1) is 5.56 Å². The standard InChI is InChI=1S/C19H19ClO3/c1-11-8-12(2)18(9-17(11)20)23-10-16-14(13-6-7-13)4-3-5-15(16)19(21)22/h3-5,8-9,13H,6-7,10H2,1-2H3,(H,21,22). The molecule has 0 aliphatic heterocycles. The van der Waals surface area contributed by atoms with Crippen molar-refractivity contribution < 1.29 is 14.6 Å². The molecule has 0 radical (unpaired) electrons. The van der Waals surface area contributed by atoms with E-state index >= 15 is 0 Å². The Kier molecular flexibility index (Phi) is 4.31. The maximum absolute atomic E-state index is 11.5. The summed E-state index contributed by atoms with van der Waals surface area (Å²) in [4.78, 5) is 11.5. The van der Waals surface area contributed by atoms with Crippen LogP contribution in [0.4, 0.5) is 0 Å². The van der Waals surface area contributed by atoms with Crippen molar-refractivity contribution in [1.29, 1.82) is 0 Å². The molecule has 0 aromatic heterocycles. The Bertz CT molecular complexity index is 763. The highest BCUT2D eigenvalue weighted by Crippen LogP contribution is 2.42. The number of halogens is 1. The van der Waals surface area contributed by atoms with Crippen LogP contribution in [0.3, 0.4) is 0 Å². The number of hydrogen-bond donors (Lipinski definition) is 1. The zero-order chi connectivity index (χ0) is 16.6. The Hall–Kier alpha value is -2.00. The predicted molar refractivity (Wildman–Crippen MR) is 90.6 cm³/mol. The van der Waals surface area contributed by atoms with Crippen molar-refractivity contribution in [2.45, 2.75) is 39.2 Å². The molecule has 0 unspecified atom stereocenters. The zero-order valence-electron chi connectivity index (χ0n) is 13.2. The number of carboxylic acids is 1. The fourth-order valence-corrected chi connectivity index (χ4v) is 3.01. The fourth-order valence-electron chi connectivity index (χ4n) is 2.86. The lowest BCUT2D eigenvalue weighted by atomic mass is 9.98. The quantitative estimate of drug-likeness (QED) is 0.828. The van der Waals surface area contributed by atoms with Gasteiger partial charge in [-0.15, -0.1) is 0 Å². The average Bonchev–Trinajstić information content (AvgIpc) is 3.34. The highest BCUT2D eigenvalue weighted by molar-refractivity contribution is 6.31. The first kappa shape index (κ1) is 15.9. The number of aryl methyl sites for hydroxylation is 2. The second-order valence-corrected chi connectivity index (χ2v) is 6.52. The van der Waals surface area contributed by atoms with E-state index in [1.807, 2.05) is 32.0 Å². The van der Waals surface area contributed by atoms with E-state index in [9.17, 15) is 9.90 Å². The highest BCUT2D eigenvalue weighted by atomic mass is 35.5. The third-order valence-corrected chi connectivity index (χ3v) is 4.70. The van der Waals surface area contributed by atoms with Gasteiger partial charge in [-0.25, -0.2) is 4.79 Å². The molecule has 0 spiro atoms. The fraction of sp³-hybridized carbons (Fsp3) is 0.316. The second-order valence-electron chi connectivity index (χ2n) is 6.11. The van der Waals surface area contributed by atoms with E-state index in [0.29, 0.717) is 22.3 Å². The third kappa shape index (κ3) is 3.35. The van der Waals surface area contributed by atoms with E-state index in [-0.39, 0.29) is 6.61 Å². The molecule has 4 heteroatoms. The normalized spacial score (nSPS) is 13.9. The van der Waals surface area contributed by atoms with Gasteiger partial charge in [0.1, 0.15) is 12.4 Å². The molecule has 0 atom stereocenters. The van der Waals surface area contributed by atoms with E-state index in [1.54, 1.807) is 12.1 Å². The molecular formula is C19H19ClO3. The topological polar surface area (TPSA) is 46.5 Å². The Labute approximate surface area is 140 Å². The van der Waals surface area contributed by atoms with Crippen molar-refractivity contribution in [2.75, 3.05) is 0 Å². The van der Waals surface area contributed by atoms with E-state index in [0.717, 1.165) is 35.1 Å². The van der Waals surface area contributed by atoms with Crippen LogP contribution in [0.5, 0.6) is 5.75 Å². The molecule has 1 saturated carbocycles. The lowest BCUT2D eigenvalue weighted by Crippen LogP contribution is -2.09. The van der Waals surface area contributed by atoms with Gasteiger partial charge in [-0.1, -0.05) is 29.8 Å². The predicted octanol–water partition coefficient (Wildman–Crippen LogP) is 5.11. The minimum absolute atomic E-state index is 0.245. The Morgan fingerprint density at radius 1 is 1.26 bits per heavy atom. The first-order valence-corrected chi connectivity index (χ1v) is 8.09. The molecule has 2 aromatic carbocycles. The summed E-state index contributed by atoms with van der Waals surface area (Å²) in [5, 5.41) is 10.1. The number of ether oxygens (including phenoxy) is 1. The van der Waals surface area contributed by atoms with Crippen molar-refractivity contribution in [3.63, 3.8) is 0 Å². The first-order valence-electron chi connectivity index (χ1n) is 7.72. The second kappa shape index (κ2) is 6.25. The summed E-state index contributed by atoms with van der Waals surface area (Å²) >= 11 is 6.17. The Morgan fingerprint density at radius 2 is 2.00 bits per heavy atom. The molecule has 0 heterocycles. The molecule has 1 N–H and O–H groups in total. The number of carbonyl (C=O) groups is 1. The summed E-state index contributed by atoms with van der Waals surface area (Å²) in [5.74, 6) is 0.253. The van der Waals surface area contributed by atoms with Crippen LogP contribution in [0.2, 0.25) is 5.02 Å². The monoisotopic (exact) mass is 330 g/mol. The van der Waals surface area contributed by atoms with Crippen molar-refractivity contribution in [2.24, 2.45) is 0 Å². The van der Waals surface area contributed by atoms with Crippen molar-refractivity contribution in [3.8, 4) is 5.75 Å². The molecule has 23 heavy (non-hydrogen) atoms. The molecule has 1 aliphatic carbocycles. The number of benzene rings is 2. The van der Waals surface area contributed by atoms with Crippen LogP contribution in [-0.2, 0) is 6.61 Å². The van der Waals surface area contributed by atoms with Crippen LogP contribution in [0.15, 0.2) is 30.3 Å². The zero-order valence-corrected chi connectivity index (χ0v) is 14.0. The van der Waals surface area contributed by atoms with E-state index < -0.39 is 5.97 Å². The number of hydrogen-bond acceptors (Lipinski definition) is 2. The van der Waals surface area contributed by atoms with Gasteiger partial charge in [-0.3, -0.25) is 0 Å². The van der Waals surface area contributed by atoms with Crippen LogP contribution >= 0.6 is 11.6 Å². The van der Waals surface area contributed by atoms with Gasteiger partial charge in [0.15, 0.2) is 0 Å². The van der Waals surface area contributed by atoms with Crippen LogP contribution < -0.4 is 4.74 Å². The first-order chi connectivity index (χ1) is 11.0. The Balaban J connectivity index is 1.91. The summed E-state index contributed by atoms with van der Waals surface area (Å²) in [6, 6.07) is 9.24. The third-order valence-electron chi connectivity index (χ3n) is 4.29. The van der Waals surface area contributed by atoms with Crippen LogP contribution in [0.1, 0.15) is 51.4 Å². The van der Waals surface area contributed by atoms with Gasteiger partial charge in [-0.2, -0.15) is 0 Å². The van der Waals surface area contributed by atoms with Crippen LogP contribution in [0, 0.1) is 13.8 Å². The molecule has 120 valence electrons. The molecule has 1 aliphatic rings. The SMILES string of the molecule is Cc1cc(C)c(OCc2c(C(=O)O)cccc2C2CC2)cc1Cl. The highest BCUT2D eigenvalue weighted by Gasteiger charge is 2.28. The minimum Gasteiger partial charge on any atom is -0.489 e. The summed E-state index contributed by atoms with van der Waals surface area (Å²) in [5.41, 5.74) is 4.19. The largest absolute Gasteiger partial charge is 0.489 e. The van der Waals surface area contributed by atoms with Gasteiger partial charge in [0, 0.05) is 10.6 Å². The smallest absolute Gasteiger partial charge is 0.336 e. The van der Waals surface area contributed by atoms with E-state index in [4.69, 9.17) is 16.3 Å². The summed E-state index contributed by atoms with van der Waals surface area (Å²) in [6.07, 6.45) is 2.23. The minimum atomic E-state index is -0.912. The van der Waals surface area contributed by atoms with Crippen molar-refractivity contribution in [3.05, 3.63) is 63.2 Å². The van der Waals surface area contributed by atoms with Crippen molar-refractivity contribution in [1.82, 2.24) is 0 Å². The van der Waals surface area contributed by atoms with Gasteiger partial charge >= 0.3 is 5.97 Å². The molecule has 0 amide bonds. The molecular weight excluding hydrogens is 312 g/mol. The van der Waals surface area contributed by atoms with E-state index in [2.05, 4.69) is 0 Å². The van der Waals surface area contributed by atoms with Crippen LogP contribution in [-0.4, -0.2) is 11.1 Å². The number of carboxylic acid groups (broad SMARTS) is 1. The summed E-state index contributed by atoms with van der Waals surface area (Å²) in [7, 11) is 0. The lowest BCUT2D eigenvalue weighted by Gasteiger charge is -2.15. The van der Waals surface area contributed by atoms with Gasteiger partial charge < -0.3 is 9.84 Å². The molecule has 0 bridgehead atoms. The molecule has 1 fully saturated rings.